The van der Waals surface area contributed by atoms with Gasteiger partial charge in [0.05, 0.1) is 16.3 Å². The van der Waals surface area contributed by atoms with E-state index in [9.17, 15) is 9.59 Å². The van der Waals surface area contributed by atoms with Gasteiger partial charge in [0.2, 0.25) is 6.41 Å². The van der Waals surface area contributed by atoms with Gasteiger partial charge in [-0.15, -0.1) is 0 Å². The van der Waals surface area contributed by atoms with Crippen LogP contribution < -0.4 is 9.64 Å². The largest absolute Gasteiger partial charge is 0.487 e. The van der Waals surface area contributed by atoms with E-state index >= 15 is 0 Å². The molecule has 0 aliphatic heterocycles. The Bertz CT molecular complexity index is 1130. The molecule has 0 bridgehead atoms. The highest BCUT2D eigenvalue weighted by Gasteiger charge is 2.26. The van der Waals surface area contributed by atoms with Crippen LogP contribution in [-0.4, -0.2) is 12.3 Å². The minimum atomic E-state index is -0.498. The van der Waals surface area contributed by atoms with Crippen LogP contribution in [0.1, 0.15) is 21.5 Å². The monoisotopic (exact) mass is 691 g/mol. The lowest BCUT2D eigenvalue weighted by Crippen LogP contribution is -2.30. The Morgan fingerprint density at radius 1 is 1.00 bits per heavy atom. The number of carbonyl (C=O) groups excluding carboxylic acids is 2. The van der Waals surface area contributed by atoms with E-state index in [0.29, 0.717) is 54.0 Å². The van der Waals surface area contributed by atoms with Crippen LogP contribution in [-0.2, 0) is 11.4 Å². The highest BCUT2D eigenvalue weighted by molar-refractivity contribution is 9.15. The Labute approximate surface area is 218 Å². The third-order valence-electron chi connectivity index (χ3n) is 4.47. The van der Waals surface area contributed by atoms with Crippen molar-refractivity contribution in [1.29, 1.82) is 0 Å². The van der Waals surface area contributed by atoms with Gasteiger partial charge in [0.1, 0.15) is 12.4 Å². The Hall–Kier alpha value is -1.19. The van der Waals surface area contributed by atoms with Gasteiger partial charge in [0.25, 0.3) is 5.91 Å². The van der Waals surface area contributed by atoms with Crippen molar-refractivity contribution in [2.45, 2.75) is 13.5 Å². The second-order valence-electron chi connectivity index (χ2n) is 6.43. The van der Waals surface area contributed by atoms with Crippen LogP contribution in [0.25, 0.3) is 0 Å². The molecule has 0 heterocycles. The molecule has 2 amide bonds. The standard InChI is InChI=1S/C22H14Br4ClNO3/c1-12-17(19(24)21(26)20(25)18(12)23)22(30)28(11-29)14-7-8-16(15(27)9-14)31-10-13-5-3-2-4-6-13/h2-9,11H,10H2,1H3. The van der Waals surface area contributed by atoms with Crippen molar-refractivity contribution in [3.05, 3.63) is 88.1 Å². The molecule has 0 atom stereocenters. The van der Waals surface area contributed by atoms with Crippen molar-refractivity contribution in [3.63, 3.8) is 0 Å². The zero-order chi connectivity index (χ0) is 22.7. The van der Waals surface area contributed by atoms with Gasteiger partial charge < -0.3 is 4.74 Å². The van der Waals surface area contributed by atoms with Crippen molar-refractivity contribution >= 4 is 93.3 Å². The molecule has 160 valence electrons. The maximum atomic E-state index is 13.3. The summed E-state index contributed by atoms with van der Waals surface area (Å²) in [7, 11) is 0. The lowest BCUT2D eigenvalue weighted by molar-refractivity contribution is -0.106. The van der Waals surface area contributed by atoms with E-state index in [-0.39, 0.29) is 0 Å². The predicted molar refractivity (Wildman–Crippen MR) is 137 cm³/mol. The van der Waals surface area contributed by atoms with E-state index in [1.165, 1.54) is 6.07 Å². The van der Waals surface area contributed by atoms with Crippen LogP contribution in [0.4, 0.5) is 5.69 Å². The van der Waals surface area contributed by atoms with Gasteiger partial charge in [0, 0.05) is 17.9 Å². The third-order valence-corrected chi connectivity index (χ3v) is 9.73. The minimum Gasteiger partial charge on any atom is -0.487 e. The lowest BCUT2D eigenvalue weighted by Gasteiger charge is -2.20. The molecule has 0 saturated heterocycles. The number of hydrogen-bond acceptors (Lipinski definition) is 3. The normalized spacial score (nSPS) is 10.6. The first-order valence-corrected chi connectivity index (χ1v) is 12.4. The predicted octanol–water partition coefficient (Wildman–Crippen LogP) is 8.08. The number of benzene rings is 3. The molecule has 0 N–H and O–H groups in total. The van der Waals surface area contributed by atoms with Crippen molar-refractivity contribution in [2.24, 2.45) is 0 Å². The Morgan fingerprint density at radius 3 is 2.26 bits per heavy atom. The first-order chi connectivity index (χ1) is 14.8. The number of anilines is 1. The van der Waals surface area contributed by atoms with Crippen LogP contribution >= 0.6 is 75.3 Å². The number of hydrogen-bond donors (Lipinski definition) is 0. The van der Waals surface area contributed by atoms with Gasteiger partial charge in [-0.25, -0.2) is 4.90 Å². The Kier molecular flexibility index (Phi) is 8.37. The average Bonchev–Trinajstić information content (AvgIpc) is 2.77. The van der Waals surface area contributed by atoms with E-state index < -0.39 is 5.91 Å². The Balaban J connectivity index is 1.90. The first kappa shape index (κ1) is 24.5. The summed E-state index contributed by atoms with van der Waals surface area (Å²) in [4.78, 5) is 26.2. The van der Waals surface area contributed by atoms with Crippen molar-refractivity contribution in [1.82, 2.24) is 0 Å². The van der Waals surface area contributed by atoms with Gasteiger partial charge in [-0.3, -0.25) is 9.59 Å². The highest BCUT2D eigenvalue weighted by atomic mass is 79.9. The fourth-order valence-electron chi connectivity index (χ4n) is 2.83. The van der Waals surface area contributed by atoms with E-state index in [1.54, 1.807) is 19.1 Å². The van der Waals surface area contributed by atoms with E-state index in [1.807, 2.05) is 30.3 Å². The molecule has 3 aromatic rings. The van der Waals surface area contributed by atoms with Crippen molar-refractivity contribution in [3.8, 4) is 5.75 Å². The summed E-state index contributed by atoms with van der Waals surface area (Å²) in [6.45, 7) is 2.14. The summed E-state index contributed by atoms with van der Waals surface area (Å²) >= 11 is 20.2. The van der Waals surface area contributed by atoms with Crippen molar-refractivity contribution in [2.75, 3.05) is 4.90 Å². The SMILES string of the molecule is Cc1c(Br)c(Br)c(Br)c(Br)c1C(=O)N(C=O)c1ccc(OCc2ccccc2)c(Cl)c1. The zero-order valence-electron chi connectivity index (χ0n) is 16.0. The molecule has 0 aliphatic carbocycles. The van der Waals surface area contributed by atoms with E-state index in [0.717, 1.165) is 14.9 Å². The second-order valence-corrected chi connectivity index (χ2v) is 10.0. The van der Waals surface area contributed by atoms with Gasteiger partial charge in [-0.05, 0) is 100.0 Å². The summed E-state index contributed by atoms with van der Waals surface area (Å²) in [5.74, 6) is -0.0404. The molecule has 31 heavy (non-hydrogen) atoms. The molecule has 4 nitrogen and oxygen atoms in total. The van der Waals surface area contributed by atoms with Crippen LogP contribution in [0.2, 0.25) is 5.02 Å². The molecule has 0 radical (unpaired) electrons. The first-order valence-electron chi connectivity index (χ1n) is 8.84. The molecule has 0 aromatic heterocycles. The van der Waals surface area contributed by atoms with E-state index in [4.69, 9.17) is 16.3 Å². The van der Waals surface area contributed by atoms with E-state index in [2.05, 4.69) is 63.7 Å². The lowest BCUT2D eigenvalue weighted by atomic mass is 10.1. The van der Waals surface area contributed by atoms with Gasteiger partial charge in [0.15, 0.2) is 0 Å². The van der Waals surface area contributed by atoms with Gasteiger partial charge in [-0.2, -0.15) is 0 Å². The van der Waals surface area contributed by atoms with Gasteiger partial charge in [-0.1, -0.05) is 41.9 Å². The molecule has 0 aliphatic rings. The third kappa shape index (κ3) is 5.25. The molecular weight excluding hydrogens is 681 g/mol. The van der Waals surface area contributed by atoms with Crippen LogP contribution in [0.5, 0.6) is 5.75 Å². The summed E-state index contributed by atoms with van der Waals surface area (Å²) in [6, 6.07) is 14.5. The molecule has 3 aromatic carbocycles. The quantitative estimate of drug-likeness (QED) is 0.149. The molecule has 0 saturated carbocycles. The molecular formula is C22H14Br4ClNO3. The molecule has 9 heteroatoms. The molecule has 0 spiro atoms. The number of rotatable bonds is 6. The molecule has 0 fully saturated rings. The number of carbonyl (C=O) groups is 2. The summed E-state index contributed by atoms with van der Waals surface area (Å²) in [5.41, 5.74) is 2.35. The Morgan fingerprint density at radius 2 is 1.65 bits per heavy atom. The maximum absolute atomic E-state index is 13.3. The van der Waals surface area contributed by atoms with Crippen LogP contribution in [0.3, 0.4) is 0 Å². The fourth-order valence-corrected chi connectivity index (χ4v) is 5.55. The van der Waals surface area contributed by atoms with Gasteiger partial charge >= 0.3 is 0 Å². The zero-order valence-corrected chi connectivity index (χ0v) is 23.1. The number of nitrogens with zero attached hydrogens (tertiary/aromatic N) is 1. The smallest absolute Gasteiger partial charge is 0.266 e. The number of ether oxygens (including phenoxy) is 1. The van der Waals surface area contributed by atoms with Crippen LogP contribution in [0.15, 0.2) is 66.4 Å². The average molecular weight is 695 g/mol. The number of imide groups is 1. The second kappa shape index (κ2) is 10.6. The summed E-state index contributed by atoms with van der Waals surface area (Å²) < 4.78 is 8.42. The summed E-state index contributed by atoms with van der Waals surface area (Å²) in [6.07, 6.45) is 0.466. The van der Waals surface area contributed by atoms with Crippen molar-refractivity contribution < 1.29 is 14.3 Å². The highest BCUT2D eigenvalue weighted by Crippen LogP contribution is 2.42. The number of halogens is 5. The van der Waals surface area contributed by atoms with Crippen LogP contribution in [0, 0.1) is 6.92 Å². The molecule has 0 unspecified atom stereocenters. The summed E-state index contributed by atoms with van der Waals surface area (Å²) in [5, 5.41) is 0.294. The topological polar surface area (TPSA) is 46.6 Å². The molecule has 3 rings (SSSR count). The fraction of sp³-hybridized carbons (Fsp3) is 0.0909. The maximum Gasteiger partial charge on any atom is 0.266 e. The number of amides is 2. The minimum absolute atomic E-state index is 0.294.